The van der Waals surface area contributed by atoms with Crippen molar-refractivity contribution in [3.8, 4) is 0 Å². The summed E-state index contributed by atoms with van der Waals surface area (Å²) in [5.74, 6) is -0.140. The van der Waals surface area contributed by atoms with Crippen molar-refractivity contribution in [1.82, 2.24) is 5.01 Å². The smallest absolute Gasteiger partial charge is 0.263 e. The van der Waals surface area contributed by atoms with Gasteiger partial charge in [-0.3, -0.25) is 9.52 Å². The minimum absolute atomic E-state index is 0.134. The number of sulfonamides is 1. The molecule has 33 heavy (non-hydrogen) atoms. The summed E-state index contributed by atoms with van der Waals surface area (Å²) in [4.78, 5) is 12.3. The summed E-state index contributed by atoms with van der Waals surface area (Å²) in [5.41, 5.74) is 3.00. The SMILES string of the molecule is CC(=O)N1N=C(c2ccc(NS(=O)(=O)c3cc(Br)ccc3Br)cc2)CC1c1cccc(Br)c1. The van der Waals surface area contributed by atoms with Gasteiger partial charge in [-0.05, 0) is 69.5 Å². The molecule has 1 unspecified atom stereocenters. The summed E-state index contributed by atoms with van der Waals surface area (Å²) in [6.45, 7) is 1.50. The van der Waals surface area contributed by atoms with Crippen molar-refractivity contribution in [3.05, 3.63) is 91.3 Å². The third kappa shape index (κ3) is 5.40. The van der Waals surface area contributed by atoms with Crippen LogP contribution in [0.5, 0.6) is 0 Å². The van der Waals surface area contributed by atoms with Crippen LogP contribution in [0.3, 0.4) is 0 Å². The number of nitrogens with one attached hydrogen (secondary N) is 1. The van der Waals surface area contributed by atoms with Crippen LogP contribution in [0.25, 0.3) is 0 Å². The lowest BCUT2D eigenvalue weighted by molar-refractivity contribution is -0.130. The molecule has 4 rings (SSSR count). The fraction of sp³-hybridized carbons (Fsp3) is 0.130. The predicted molar refractivity (Wildman–Crippen MR) is 140 cm³/mol. The summed E-state index contributed by atoms with van der Waals surface area (Å²) < 4.78 is 30.3. The molecule has 0 spiro atoms. The number of hydrogen-bond donors (Lipinski definition) is 1. The first kappa shape index (κ1) is 24.1. The lowest BCUT2D eigenvalue weighted by Gasteiger charge is -2.20. The Hall–Kier alpha value is -2.01. The third-order valence-electron chi connectivity index (χ3n) is 5.12. The average Bonchev–Trinajstić information content (AvgIpc) is 3.21. The normalized spacial score (nSPS) is 15.9. The van der Waals surface area contributed by atoms with Crippen molar-refractivity contribution in [2.45, 2.75) is 24.3 Å². The van der Waals surface area contributed by atoms with E-state index in [4.69, 9.17) is 0 Å². The fourth-order valence-electron chi connectivity index (χ4n) is 3.57. The molecular formula is C23H18Br3N3O3S. The standard InChI is InChI=1S/C23H18Br3N3O3S/c1-14(30)29-22(16-3-2-4-17(24)11-16)13-21(27-29)15-5-8-19(9-6-15)28-33(31,32)23-12-18(25)7-10-20(23)26/h2-12,22,28H,13H2,1H3. The fourth-order valence-corrected chi connectivity index (χ4v) is 6.55. The first-order valence-electron chi connectivity index (χ1n) is 9.85. The molecule has 1 atom stereocenters. The summed E-state index contributed by atoms with van der Waals surface area (Å²) in [6, 6.07) is 19.6. The molecule has 170 valence electrons. The number of anilines is 1. The van der Waals surface area contributed by atoms with Gasteiger partial charge in [-0.2, -0.15) is 5.10 Å². The second kappa shape index (κ2) is 9.69. The van der Waals surface area contributed by atoms with Crippen LogP contribution in [0.15, 0.2) is 90.1 Å². The second-order valence-electron chi connectivity index (χ2n) is 7.44. The molecule has 1 heterocycles. The van der Waals surface area contributed by atoms with Crippen LogP contribution in [0.4, 0.5) is 5.69 Å². The molecule has 3 aromatic carbocycles. The molecule has 0 fully saturated rings. The zero-order valence-electron chi connectivity index (χ0n) is 17.3. The zero-order chi connectivity index (χ0) is 23.8. The Morgan fingerprint density at radius 3 is 2.36 bits per heavy atom. The molecule has 0 bridgehead atoms. The Kier molecular flexibility index (Phi) is 7.09. The topological polar surface area (TPSA) is 78.8 Å². The number of carbonyl (C=O) groups excluding carboxylic acids is 1. The van der Waals surface area contributed by atoms with Gasteiger partial charge in [0.05, 0.1) is 11.8 Å². The summed E-state index contributed by atoms with van der Waals surface area (Å²) in [5, 5.41) is 6.05. The largest absolute Gasteiger partial charge is 0.280 e. The average molecular weight is 656 g/mol. The van der Waals surface area contributed by atoms with Crippen LogP contribution in [0.2, 0.25) is 0 Å². The third-order valence-corrected chi connectivity index (χ3v) is 8.48. The summed E-state index contributed by atoms with van der Waals surface area (Å²) in [7, 11) is -3.78. The van der Waals surface area contributed by atoms with Crippen molar-refractivity contribution in [3.63, 3.8) is 0 Å². The van der Waals surface area contributed by atoms with E-state index in [1.54, 1.807) is 36.4 Å². The van der Waals surface area contributed by atoms with Gasteiger partial charge in [0.2, 0.25) is 5.91 Å². The molecule has 0 radical (unpaired) electrons. The van der Waals surface area contributed by atoms with Crippen LogP contribution in [0.1, 0.15) is 30.5 Å². The maximum absolute atomic E-state index is 12.8. The molecule has 0 saturated heterocycles. The maximum atomic E-state index is 12.8. The first-order valence-corrected chi connectivity index (χ1v) is 13.7. The van der Waals surface area contributed by atoms with Crippen molar-refractivity contribution < 1.29 is 13.2 Å². The van der Waals surface area contributed by atoms with Gasteiger partial charge in [0, 0.05) is 32.5 Å². The molecule has 1 aliphatic rings. The van der Waals surface area contributed by atoms with Gasteiger partial charge in [0.25, 0.3) is 10.0 Å². The van der Waals surface area contributed by atoms with E-state index in [2.05, 4.69) is 57.6 Å². The molecule has 3 aromatic rings. The highest BCUT2D eigenvalue weighted by Gasteiger charge is 2.31. The monoisotopic (exact) mass is 653 g/mol. The highest BCUT2D eigenvalue weighted by molar-refractivity contribution is 9.11. The van der Waals surface area contributed by atoms with E-state index in [1.165, 1.54) is 18.0 Å². The van der Waals surface area contributed by atoms with Gasteiger partial charge in [0.1, 0.15) is 4.90 Å². The van der Waals surface area contributed by atoms with Crippen molar-refractivity contribution in [2.24, 2.45) is 5.10 Å². The van der Waals surface area contributed by atoms with E-state index in [0.717, 1.165) is 21.3 Å². The van der Waals surface area contributed by atoms with Gasteiger partial charge >= 0.3 is 0 Å². The number of rotatable bonds is 5. The van der Waals surface area contributed by atoms with Crippen molar-refractivity contribution in [2.75, 3.05) is 4.72 Å². The minimum Gasteiger partial charge on any atom is -0.280 e. The second-order valence-corrected chi connectivity index (χ2v) is 11.8. The highest BCUT2D eigenvalue weighted by atomic mass is 79.9. The van der Waals surface area contributed by atoms with Gasteiger partial charge < -0.3 is 0 Å². The van der Waals surface area contributed by atoms with E-state index >= 15 is 0 Å². The van der Waals surface area contributed by atoms with E-state index < -0.39 is 10.0 Å². The molecule has 10 heteroatoms. The minimum atomic E-state index is -3.78. The van der Waals surface area contributed by atoms with Gasteiger partial charge in [-0.25, -0.2) is 13.4 Å². The van der Waals surface area contributed by atoms with Gasteiger partial charge in [-0.1, -0.05) is 56.1 Å². The molecule has 6 nitrogen and oxygen atoms in total. The lowest BCUT2D eigenvalue weighted by Crippen LogP contribution is -2.24. The van der Waals surface area contributed by atoms with Crippen LogP contribution in [0, 0.1) is 0 Å². The predicted octanol–water partition coefficient (Wildman–Crippen LogP) is 6.47. The zero-order valence-corrected chi connectivity index (χ0v) is 22.9. The Bertz CT molecular complexity index is 1360. The number of hydrogen-bond acceptors (Lipinski definition) is 4. The molecular weight excluding hydrogens is 638 g/mol. The Balaban J connectivity index is 1.56. The maximum Gasteiger partial charge on any atom is 0.263 e. The molecule has 1 aliphatic heterocycles. The number of benzene rings is 3. The van der Waals surface area contributed by atoms with E-state index in [9.17, 15) is 13.2 Å². The van der Waals surface area contributed by atoms with Gasteiger partial charge in [-0.15, -0.1) is 0 Å². The van der Waals surface area contributed by atoms with E-state index in [-0.39, 0.29) is 16.8 Å². The number of hydrazone groups is 1. The first-order chi connectivity index (χ1) is 15.6. The Labute approximate surface area is 217 Å². The van der Waals surface area contributed by atoms with Gasteiger partial charge in [0.15, 0.2) is 0 Å². The Morgan fingerprint density at radius 2 is 1.70 bits per heavy atom. The Morgan fingerprint density at radius 1 is 1.00 bits per heavy atom. The van der Waals surface area contributed by atoms with Crippen LogP contribution in [-0.2, 0) is 14.8 Å². The molecule has 1 N–H and O–H groups in total. The summed E-state index contributed by atoms with van der Waals surface area (Å²) >= 11 is 10.1. The number of nitrogens with zero attached hydrogens (tertiary/aromatic N) is 2. The summed E-state index contributed by atoms with van der Waals surface area (Å²) in [6.07, 6.45) is 0.562. The highest BCUT2D eigenvalue weighted by Crippen LogP contribution is 2.34. The van der Waals surface area contributed by atoms with Crippen LogP contribution in [-0.4, -0.2) is 25.0 Å². The molecule has 0 saturated carbocycles. The van der Waals surface area contributed by atoms with Crippen LogP contribution >= 0.6 is 47.8 Å². The van der Waals surface area contributed by atoms with Crippen molar-refractivity contribution in [1.29, 1.82) is 0 Å². The number of amides is 1. The van der Waals surface area contributed by atoms with Crippen LogP contribution < -0.4 is 4.72 Å². The lowest BCUT2D eigenvalue weighted by atomic mass is 9.98. The van der Waals surface area contributed by atoms with Crippen molar-refractivity contribution >= 4 is 75.1 Å². The molecule has 0 aliphatic carbocycles. The number of carbonyl (C=O) groups is 1. The molecule has 1 amide bonds. The van der Waals surface area contributed by atoms with E-state index in [1.807, 2.05) is 24.3 Å². The quantitative estimate of drug-likeness (QED) is 0.342. The molecule has 0 aromatic heterocycles. The van der Waals surface area contributed by atoms with E-state index in [0.29, 0.717) is 21.1 Å². The number of halogens is 3.